The number of para-hydroxylation sites is 2. The molecule has 0 amide bonds. The number of hydrogen-bond acceptors (Lipinski definition) is 4. The van der Waals surface area contributed by atoms with Crippen LogP contribution >= 0.6 is 15.9 Å². The Hall–Kier alpha value is -2.34. The van der Waals surface area contributed by atoms with E-state index in [9.17, 15) is 4.79 Å². The van der Waals surface area contributed by atoms with Gasteiger partial charge in [-0.25, -0.2) is 4.98 Å². The average molecular weight is 361 g/mol. The molecular weight excluding hydrogens is 348 g/mol. The Morgan fingerprint density at radius 3 is 2.68 bits per heavy atom. The number of carbonyl (C=O) groups is 1. The zero-order valence-electron chi connectivity index (χ0n) is 12.0. The molecule has 2 aromatic carbocycles. The zero-order valence-corrected chi connectivity index (χ0v) is 13.6. The molecular formula is C16H13BrN2O3. The lowest BCUT2D eigenvalue weighted by molar-refractivity contribution is -0.132. The number of aromatic amines is 1. The summed E-state index contributed by atoms with van der Waals surface area (Å²) in [5, 5.41) is 0. The predicted molar refractivity (Wildman–Crippen MR) is 87.1 cm³/mol. The Labute approximate surface area is 135 Å². The highest BCUT2D eigenvalue weighted by Crippen LogP contribution is 2.38. The molecule has 0 saturated heterocycles. The maximum atomic E-state index is 11.2. The average Bonchev–Trinajstić information content (AvgIpc) is 2.90. The fourth-order valence-electron chi connectivity index (χ4n) is 2.19. The van der Waals surface area contributed by atoms with Gasteiger partial charge in [0.1, 0.15) is 5.82 Å². The highest BCUT2D eigenvalue weighted by Gasteiger charge is 2.15. The number of rotatable bonds is 3. The smallest absolute Gasteiger partial charge is 0.308 e. The molecule has 0 spiro atoms. The van der Waals surface area contributed by atoms with Gasteiger partial charge in [-0.2, -0.15) is 0 Å². The molecule has 1 aromatic heterocycles. The van der Waals surface area contributed by atoms with Gasteiger partial charge in [0, 0.05) is 17.0 Å². The summed E-state index contributed by atoms with van der Waals surface area (Å²) in [7, 11) is 1.53. The molecule has 0 bridgehead atoms. The van der Waals surface area contributed by atoms with Crippen molar-refractivity contribution >= 4 is 32.9 Å². The molecule has 0 saturated carbocycles. The quantitative estimate of drug-likeness (QED) is 0.567. The Morgan fingerprint density at radius 1 is 1.23 bits per heavy atom. The van der Waals surface area contributed by atoms with Crippen LogP contribution in [0.1, 0.15) is 6.92 Å². The van der Waals surface area contributed by atoms with Crippen molar-refractivity contribution in [1.29, 1.82) is 0 Å². The SMILES string of the molecule is COc1cc(-c2nc3ccccc3[nH]2)c(Br)cc1OC(C)=O. The number of imidazole rings is 1. The summed E-state index contributed by atoms with van der Waals surface area (Å²) in [5.74, 6) is 1.14. The van der Waals surface area contributed by atoms with Crippen LogP contribution in [0.15, 0.2) is 40.9 Å². The first kappa shape index (κ1) is 14.6. The molecule has 0 radical (unpaired) electrons. The van der Waals surface area contributed by atoms with Gasteiger partial charge in [-0.15, -0.1) is 0 Å². The third-order valence-corrected chi connectivity index (χ3v) is 3.81. The molecule has 22 heavy (non-hydrogen) atoms. The van der Waals surface area contributed by atoms with Crippen molar-refractivity contribution in [2.45, 2.75) is 6.92 Å². The second-order valence-electron chi connectivity index (χ2n) is 4.68. The summed E-state index contributed by atoms with van der Waals surface area (Å²) in [5.41, 5.74) is 2.66. The number of benzene rings is 2. The highest BCUT2D eigenvalue weighted by atomic mass is 79.9. The minimum Gasteiger partial charge on any atom is -0.493 e. The lowest BCUT2D eigenvalue weighted by Crippen LogP contribution is -2.03. The summed E-state index contributed by atoms with van der Waals surface area (Å²) in [6.45, 7) is 1.35. The molecule has 0 fully saturated rings. The molecule has 1 N–H and O–H groups in total. The van der Waals surface area contributed by atoms with Crippen molar-refractivity contribution < 1.29 is 14.3 Å². The number of halogens is 1. The number of carbonyl (C=O) groups excluding carboxylic acids is 1. The van der Waals surface area contributed by atoms with E-state index < -0.39 is 5.97 Å². The predicted octanol–water partition coefficient (Wildman–Crippen LogP) is 3.93. The monoisotopic (exact) mass is 360 g/mol. The van der Waals surface area contributed by atoms with Gasteiger partial charge in [0.2, 0.25) is 0 Å². The first-order valence-corrected chi connectivity index (χ1v) is 7.39. The third kappa shape index (κ3) is 2.69. The van der Waals surface area contributed by atoms with Gasteiger partial charge in [-0.1, -0.05) is 12.1 Å². The number of methoxy groups -OCH3 is 1. The maximum Gasteiger partial charge on any atom is 0.308 e. The molecule has 6 heteroatoms. The fraction of sp³-hybridized carbons (Fsp3) is 0.125. The van der Waals surface area contributed by atoms with Crippen LogP contribution in [0.3, 0.4) is 0 Å². The molecule has 5 nitrogen and oxygen atoms in total. The second-order valence-corrected chi connectivity index (χ2v) is 5.53. The lowest BCUT2D eigenvalue weighted by atomic mass is 10.2. The van der Waals surface area contributed by atoms with Crippen molar-refractivity contribution in [2.24, 2.45) is 0 Å². The number of aromatic nitrogens is 2. The molecule has 0 aliphatic rings. The zero-order chi connectivity index (χ0) is 15.7. The van der Waals surface area contributed by atoms with E-state index in [0.29, 0.717) is 17.3 Å². The van der Waals surface area contributed by atoms with Gasteiger partial charge < -0.3 is 14.5 Å². The molecule has 3 rings (SSSR count). The van der Waals surface area contributed by atoms with Crippen LogP contribution in [-0.4, -0.2) is 23.0 Å². The van der Waals surface area contributed by atoms with Crippen molar-refractivity contribution in [1.82, 2.24) is 9.97 Å². The summed E-state index contributed by atoms with van der Waals surface area (Å²) in [4.78, 5) is 19.0. The van der Waals surface area contributed by atoms with Crippen molar-refractivity contribution in [3.8, 4) is 22.9 Å². The first-order valence-electron chi connectivity index (χ1n) is 6.59. The van der Waals surface area contributed by atoms with Crippen LogP contribution in [0.4, 0.5) is 0 Å². The van der Waals surface area contributed by atoms with Crippen LogP contribution in [0.2, 0.25) is 0 Å². The molecule has 0 aliphatic carbocycles. The van der Waals surface area contributed by atoms with Gasteiger partial charge in [-0.3, -0.25) is 4.79 Å². The summed E-state index contributed by atoms with van der Waals surface area (Å²) in [6, 6.07) is 11.3. The Morgan fingerprint density at radius 2 is 2.00 bits per heavy atom. The second kappa shape index (κ2) is 5.81. The fourth-order valence-corrected chi connectivity index (χ4v) is 2.70. The lowest BCUT2D eigenvalue weighted by Gasteiger charge is -2.11. The molecule has 0 atom stereocenters. The number of H-pyrrole nitrogens is 1. The Kier molecular flexibility index (Phi) is 3.85. The largest absolute Gasteiger partial charge is 0.493 e. The summed E-state index contributed by atoms with van der Waals surface area (Å²) < 4.78 is 11.2. The minimum absolute atomic E-state index is 0.363. The standard InChI is InChI=1S/C16H13BrN2O3/c1-9(20)22-15-8-11(17)10(7-14(15)21-2)16-18-12-5-3-4-6-13(12)19-16/h3-8H,1-2H3,(H,18,19). The first-order chi connectivity index (χ1) is 10.6. The van der Waals surface area contributed by atoms with Crippen LogP contribution in [0.25, 0.3) is 22.4 Å². The normalized spacial score (nSPS) is 10.7. The molecule has 3 aromatic rings. The van der Waals surface area contributed by atoms with Crippen molar-refractivity contribution in [3.05, 3.63) is 40.9 Å². The number of fused-ring (bicyclic) bond motifs is 1. The number of ether oxygens (including phenoxy) is 2. The van der Waals surface area contributed by atoms with E-state index in [4.69, 9.17) is 9.47 Å². The van der Waals surface area contributed by atoms with E-state index in [1.807, 2.05) is 24.3 Å². The van der Waals surface area contributed by atoms with Gasteiger partial charge in [0.25, 0.3) is 0 Å². The number of nitrogens with one attached hydrogen (secondary N) is 1. The highest BCUT2D eigenvalue weighted by molar-refractivity contribution is 9.10. The van der Waals surface area contributed by atoms with Crippen LogP contribution in [0, 0.1) is 0 Å². The number of esters is 1. The topological polar surface area (TPSA) is 64.2 Å². The van der Waals surface area contributed by atoms with Crippen LogP contribution in [-0.2, 0) is 4.79 Å². The molecule has 0 unspecified atom stereocenters. The van der Waals surface area contributed by atoms with Gasteiger partial charge in [0.05, 0.1) is 18.1 Å². The van der Waals surface area contributed by atoms with E-state index in [0.717, 1.165) is 21.1 Å². The van der Waals surface area contributed by atoms with Gasteiger partial charge in [-0.05, 0) is 40.2 Å². The van der Waals surface area contributed by atoms with E-state index in [1.165, 1.54) is 14.0 Å². The molecule has 112 valence electrons. The van der Waals surface area contributed by atoms with Crippen molar-refractivity contribution in [3.63, 3.8) is 0 Å². The van der Waals surface area contributed by atoms with E-state index in [-0.39, 0.29) is 0 Å². The van der Waals surface area contributed by atoms with E-state index in [2.05, 4.69) is 25.9 Å². The third-order valence-electron chi connectivity index (χ3n) is 3.15. The summed E-state index contributed by atoms with van der Waals surface area (Å²) in [6.07, 6.45) is 0. The number of nitrogens with zero attached hydrogens (tertiary/aromatic N) is 1. The van der Waals surface area contributed by atoms with Crippen molar-refractivity contribution in [2.75, 3.05) is 7.11 Å². The van der Waals surface area contributed by atoms with Gasteiger partial charge in [0.15, 0.2) is 11.5 Å². The van der Waals surface area contributed by atoms with Crippen LogP contribution < -0.4 is 9.47 Å². The Balaban J connectivity index is 2.12. The van der Waals surface area contributed by atoms with E-state index >= 15 is 0 Å². The summed E-state index contributed by atoms with van der Waals surface area (Å²) >= 11 is 3.49. The maximum absolute atomic E-state index is 11.2. The van der Waals surface area contributed by atoms with Gasteiger partial charge >= 0.3 is 5.97 Å². The molecule has 1 heterocycles. The van der Waals surface area contributed by atoms with E-state index in [1.54, 1.807) is 12.1 Å². The molecule has 0 aliphatic heterocycles. The minimum atomic E-state index is -0.401. The Bertz CT molecular complexity index is 825. The number of hydrogen-bond donors (Lipinski definition) is 1. The van der Waals surface area contributed by atoms with Crippen LogP contribution in [0.5, 0.6) is 11.5 Å².